The summed E-state index contributed by atoms with van der Waals surface area (Å²) in [5.41, 5.74) is 0.0525. The third-order valence-electron chi connectivity index (χ3n) is 3.37. The lowest BCUT2D eigenvalue weighted by Gasteiger charge is -2.10. The summed E-state index contributed by atoms with van der Waals surface area (Å²) in [4.78, 5) is 22.3. The number of benzene rings is 2. The van der Waals surface area contributed by atoms with Crippen LogP contribution in [0, 0.1) is 10.1 Å². The van der Waals surface area contributed by atoms with Crippen LogP contribution in [0.4, 0.5) is 11.4 Å². The molecule has 8 nitrogen and oxygen atoms in total. The van der Waals surface area contributed by atoms with Crippen molar-refractivity contribution in [3.05, 3.63) is 58.6 Å². The van der Waals surface area contributed by atoms with Gasteiger partial charge in [-0.25, -0.2) is 8.42 Å². The molecular weight excluding hydrogens is 348 g/mol. The maximum absolute atomic E-state index is 12.2. The van der Waals surface area contributed by atoms with Gasteiger partial charge in [-0.1, -0.05) is 18.2 Å². The molecule has 0 radical (unpaired) electrons. The third kappa shape index (κ3) is 4.77. The van der Waals surface area contributed by atoms with E-state index in [9.17, 15) is 23.3 Å². The number of nitrogens with zero attached hydrogens (tertiary/aromatic N) is 1. The number of anilines is 1. The van der Waals surface area contributed by atoms with Crippen molar-refractivity contribution in [1.82, 2.24) is 0 Å². The fourth-order valence-corrected chi connectivity index (χ4v) is 3.34. The normalized spacial score (nSPS) is 10.9. The molecule has 0 aliphatic carbocycles. The molecule has 1 amide bonds. The van der Waals surface area contributed by atoms with Crippen molar-refractivity contribution >= 4 is 27.1 Å². The first kappa shape index (κ1) is 18.4. The lowest BCUT2D eigenvalue weighted by atomic mass is 10.2. The zero-order valence-corrected chi connectivity index (χ0v) is 14.2. The van der Waals surface area contributed by atoms with Crippen LogP contribution in [0.1, 0.15) is 6.42 Å². The molecule has 2 rings (SSSR count). The summed E-state index contributed by atoms with van der Waals surface area (Å²) in [6.45, 7) is 0. The molecule has 1 N–H and O–H groups in total. The molecule has 0 unspecified atom stereocenters. The van der Waals surface area contributed by atoms with Crippen LogP contribution in [0.3, 0.4) is 0 Å². The van der Waals surface area contributed by atoms with Crippen LogP contribution in [0.15, 0.2) is 53.4 Å². The minimum atomic E-state index is -3.56. The number of carbonyl (C=O) groups excluding carboxylic acids is 1. The smallest absolute Gasteiger partial charge is 0.273 e. The van der Waals surface area contributed by atoms with E-state index in [4.69, 9.17) is 4.74 Å². The third-order valence-corrected chi connectivity index (χ3v) is 5.10. The molecule has 132 valence electrons. The van der Waals surface area contributed by atoms with E-state index in [0.717, 1.165) is 0 Å². The van der Waals surface area contributed by atoms with E-state index in [2.05, 4.69) is 5.32 Å². The first-order chi connectivity index (χ1) is 11.8. The SMILES string of the molecule is COc1cc([N+](=O)[O-])ccc1NC(=O)CCS(=O)(=O)c1ccccc1. The summed E-state index contributed by atoms with van der Waals surface area (Å²) in [5.74, 6) is -0.766. The zero-order chi connectivity index (χ0) is 18.4. The van der Waals surface area contributed by atoms with Crippen LogP contribution in [0.5, 0.6) is 5.75 Å². The van der Waals surface area contributed by atoms with Crippen molar-refractivity contribution in [2.75, 3.05) is 18.2 Å². The van der Waals surface area contributed by atoms with E-state index >= 15 is 0 Å². The minimum absolute atomic E-state index is 0.119. The van der Waals surface area contributed by atoms with Crippen LogP contribution in [0.2, 0.25) is 0 Å². The lowest BCUT2D eigenvalue weighted by molar-refractivity contribution is -0.384. The molecular formula is C16H16N2O6S. The van der Waals surface area contributed by atoms with E-state index in [-0.39, 0.29) is 34.2 Å². The highest BCUT2D eigenvalue weighted by Gasteiger charge is 2.18. The molecule has 2 aromatic carbocycles. The summed E-state index contributed by atoms with van der Waals surface area (Å²) in [6, 6.07) is 11.6. The van der Waals surface area contributed by atoms with Gasteiger partial charge >= 0.3 is 0 Å². The van der Waals surface area contributed by atoms with Gasteiger partial charge in [0.15, 0.2) is 9.84 Å². The van der Waals surface area contributed by atoms with Gasteiger partial charge in [0, 0.05) is 12.5 Å². The molecule has 0 atom stereocenters. The van der Waals surface area contributed by atoms with Crippen molar-refractivity contribution in [3.63, 3.8) is 0 Å². The molecule has 0 bridgehead atoms. The predicted octanol–water partition coefficient (Wildman–Crippen LogP) is 2.41. The number of nitro groups is 1. The highest BCUT2D eigenvalue weighted by atomic mass is 32.2. The number of hydrogen-bond donors (Lipinski definition) is 1. The minimum Gasteiger partial charge on any atom is -0.494 e. The van der Waals surface area contributed by atoms with E-state index in [1.165, 1.54) is 37.4 Å². The largest absolute Gasteiger partial charge is 0.494 e. The number of methoxy groups -OCH3 is 1. The molecule has 0 heterocycles. The molecule has 0 aliphatic rings. The average Bonchev–Trinajstić information content (AvgIpc) is 2.61. The van der Waals surface area contributed by atoms with Crippen molar-refractivity contribution in [2.24, 2.45) is 0 Å². The molecule has 9 heteroatoms. The van der Waals surface area contributed by atoms with E-state index in [0.29, 0.717) is 0 Å². The summed E-state index contributed by atoms with van der Waals surface area (Å²) < 4.78 is 29.3. The number of non-ortho nitro benzene ring substituents is 1. The Morgan fingerprint density at radius 3 is 2.48 bits per heavy atom. The lowest BCUT2D eigenvalue weighted by Crippen LogP contribution is -2.17. The Kier molecular flexibility index (Phi) is 5.71. The maximum atomic E-state index is 12.2. The number of rotatable bonds is 7. The summed E-state index contributed by atoms with van der Waals surface area (Å²) in [7, 11) is -2.25. The Hall–Kier alpha value is -2.94. The standard InChI is InChI=1S/C16H16N2O6S/c1-24-15-11-12(18(20)21)7-8-14(15)17-16(19)9-10-25(22,23)13-5-3-2-4-6-13/h2-8,11H,9-10H2,1H3,(H,17,19). The molecule has 0 aromatic heterocycles. The van der Waals surface area contributed by atoms with Crippen LogP contribution >= 0.6 is 0 Å². The second-order valence-electron chi connectivity index (χ2n) is 5.07. The van der Waals surface area contributed by atoms with Crippen molar-refractivity contribution < 1.29 is 22.9 Å². The Labute approximate surface area is 144 Å². The molecule has 0 saturated carbocycles. The van der Waals surface area contributed by atoms with Crippen LogP contribution in [0.25, 0.3) is 0 Å². The second kappa shape index (κ2) is 7.75. The summed E-state index contributed by atoms with van der Waals surface area (Å²) >= 11 is 0. The number of nitro benzene ring substituents is 1. The number of amides is 1. The Morgan fingerprint density at radius 1 is 1.20 bits per heavy atom. The summed E-state index contributed by atoms with van der Waals surface area (Å²) in [6.07, 6.45) is -0.253. The van der Waals surface area contributed by atoms with Gasteiger partial charge in [-0.15, -0.1) is 0 Å². The maximum Gasteiger partial charge on any atom is 0.273 e. The Morgan fingerprint density at radius 2 is 1.88 bits per heavy atom. The van der Waals surface area contributed by atoms with Crippen LogP contribution in [-0.2, 0) is 14.6 Å². The van der Waals surface area contributed by atoms with Gasteiger partial charge in [0.1, 0.15) is 5.75 Å². The van der Waals surface area contributed by atoms with Gasteiger partial charge in [-0.2, -0.15) is 0 Å². The molecule has 0 saturated heterocycles. The first-order valence-corrected chi connectivity index (χ1v) is 8.89. The number of ether oxygens (including phenoxy) is 1. The van der Waals surface area contributed by atoms with Gasteiger partial charge in [0.2, 0.25) is 5.91 Å². The van der Waals surface area contributed by atoms with E-state index < -0.39 is 20.7 Å². The number of sulfone groups is 1. The molecule has 0 aliphatic heterocycles. The number of hydrogen-bond acceptors (Lipinski definition) is 6. The van der Waals surface area contributed by atoms with Crippen LogP contribution < -0.4 is 10.1 Å². The fourth-order valence-electron chi connectivity index (χ4n) is 2.08. The fraction of sp³-hybridized carbons (Fsp3) is 0.188. The number of carbonyl (C=O) groups is 1. The first-order valence-electron chi connectivity index (χ1n) is 7.23. The van der Waals surface area contributed by atoms with Crippen molar-refractivity contribution in [3.8, 4) is 5.75 Å². The van der Waals surface area contributed by atoms with Gasteiger partial charge < -0.3 is 10.1 Å². The second-order valence-corrected chi connectivity index (χ2v) is 7.18. The van der Waals surface area contributed by atoms with Gasteiger partial charge in [-0.05, 0) is 18.2 Å². The van der Waals surface area contributed by atoms with Crippen molar-refractivity contribution in [1.29, 1.82) is 0 Å². The van der Waals surface area contributed by atoms with Gasteiger partial charge in [0.05, 0.1) is 34.4 Å². The Balaban J connectivity index is 2.04. The number of nitrogens with one attached hydrogen (secondary N) is 1. The van der Waals surface area contributed by atoms with Crippen molar-refractivity contribution in [2.45, 2.75) is 11.3 Å². The topological polar surface area (TPSA) is 116 Å². The van der Waals surface area contributed by atoms with Gasteiger partial charge in [-0.3, -0.25) is 14.9 Å². The molecule has 0 fully saturated rings. The zero-order valence-electron chi connectivity index (χ0n) is 13.3. The molecule has 0 spiro atoms. The predicted molar refractivity (Wildman–Crippen MR) is 91.4 cm³/mol. The molecule has 25 heavy (non-hydrogen) atoms. The quantitative estimate of drug-likeness (QED) is 0.596. The average molecular weight is 364 g/mol. The van der Waals surface area contributed by atoms with Crippen LogP contribution in [-0.4, -0.2) is 32.1 Å². The monoisotopic (exact) mass is 364 g/mol. The van der Waals surface area contributed by atoms with Gasteiger partial charge in [0.25, 0.3) is 5.69 Å². The summed E-state index contributed by atoms with van der Waals surface area (Å²) in [5, 5.41) is 13.2. The Bertz CT molecular complexity index is 881. The molecule has 2 aromatic rings. The van der Waals surface area contributed by atoms with E-state index in [1.54, 1.807) is 18.2 Å². The highest BCUT2D eigenvalue weighted by molar-refractivity contribution is 7.91. The van der Waals surface area contributed by atoms with E-state index in [1.807, 2.05) is 0 Å². The highest BCUT2D eigenvalue weighted by Crippen LogP contribution is 2.29.